The van der Waals surface area contributed by atoms with Crippen molar-refractivity contribution in [3.63, 3.8) is 0 Å². The minimum absolute atomic E-state index is 0.0744. The average molecular weight is 389 g/mol. The van der Waals surface area contributed by atoms with Gasteiger partial charge in [-0.3, -0.25) is 19.3 Å². The van der Waals surface area contributed by atoms with Crippen molar-refractivity contribution in [2.45, 2.75) is 19.3 Å². The van der Waals surface area contributed by atoms with Crippen molar-refractivity contribution in [2.75, 3.05) is 25.0 Å². The molecule has 0 spiro atoms. The molecule has 2 aliphatic rings. The number of hydrogen-bond donors (Lipinski definition) is 1. The Morgan fingerprint density at radius 3 is 2.31 bits per heavy atom. The van der Waals surface area contributed by atoms with Crippen LogP contribution in [-0.2, 0) is 4.79 Å². The summed E-state index contributed by atoms with van der Waals surface area (Å²) in [6.07, 6.45) is 3.14. The molecule has 6 heteroatoms. The standard InChI is InChI=1S/C23H23N3O3/c1-16-17-9-3-4-10-18(17)23(29)26(16)15-21(27)24-20-12-6-5-11-19(20)22(28)25-13-7-2-8-14-25/h3-6,9-12H,1-2,7-8,13-15H2,(H,24,27). The number of carbonyl (C=O) groups is 3. The molecule has 0 aromatic heterocycles. The largest absolute Gasteiger partial charge is 0.339 e. The Balaban J connectivity index is 1.48. The third kappa shape index (κ3) is 3.66. The Hall–Kier alpha value is -3.41. The second kappa shape index (κ2) is 7.91. The first-order chi connectivity index (χ1) is 14.1. The van der Waals surface area contributed by atoms with E-state index in [-0.39, 0.29) is 24.3 Å². The molecule has 6 nitrogen and oxygen atoms in total. The number of anilines is 1. The number of carbonyl (C=O) groups excluding carboxylic acids is 3. The highest BCUT2D eigenvalue weighted by molar-refractivity contribution is 6.11. The molecule has 0 atom stereocenters. The normalized spacial score (nSPS) is 16.0. The van der Waals surface area contributed by atoms with E-state index in [0.717, 1.165) is 37.9 Å². The molecule has 3 amide bonds. The zero-order valence-corrected chi connectivity index (χ0v) is 16.2. The van der Waals surface area contributed by atoms with Gasteiger partial charge in [-0.05, 0) is 37.5 Å². The molecule has 2 aromatic carbocycles. The molecule has 0 aliphatic carbocycles. The number of amides is 3. The lowest BCUT2D eigenvalue weighted by molar-refractivity contribution is -0.116. The number of likely N-dealkylation sites (tertiary alicyclic amines) is 1. The van der Waals surface area contributed by atoms with Crippen LogP contribution in [0.1, 0.15) is 45.5 Å². The average Bonchev–Trinajstić information content (AvgIpc) is 2.99. The van der Waals surface area contributed by atoms with E-state index in [0.29, 0.717) is 22.5 Å². The van der Waals surface area contributed by atoms with Crippen LogP contribution in [0.3, 0.4) is 0 Å². The van der Waals surface area contributed by atoms with Crippen LogP contribution in [0.5, 0.6) is 0 Å². The van der Waals surface area contributed by atoms with Crippen LogP contribution in [0.4, 0.5) is 5.69 Å². The number of piperidine rings is 1. The minimum atomic E-state index is -0.369. The highest BCUT2D eigenvalue weighted by Crippen LogP contribution is 2.31. The van der Waals surface area contributed by atoms with Crippen molar-refractivity contribution in [3.8, 4) is 0 Å². The molecule has 29 heavy (non-hydrogen) atoms. The number of benzene rings is 2. The Labute approximate surface area is 169 Å². The third-order valence-corrected chi connectivity index (χ3v) is 5.42. The van der Waals surface area contributed by atoms with Gasteiger partial charge >= 0.3 is 0 Å². The Kier molecular flexibility index (Phi) is 5.16. The first-order valence-electron chi connectivity index (χ1n) is 9.84. The van der Waals surface area contributed by atoms with E-state index < -0.39 is 0 Å². The van der Waals surface area contributed by atoms with Gasteiger partial charge in [-0.2, -0.15) is 0 Å². The van der Waals surface area contributed by atoms with Crippen molar-refractivity contribution < 1.29 is 14.4 Å². The van der Waals surface area contributed by atoms with Crippen molar-refractivity contribution >= 4 is 29.1 Å². The summed E-state index contributed by atoms with van der Waals surface area (Å²) in [5, 5.41) is 2.80. The van der Waals surface area contributed by atoms with Crippen molar-refractivity contribution in [2.24, 2.45) is 0 Å². The summed E-state index contributed by atoms with van der Waals surface area (Å²) < 4.78 is 0. The summed E-state index contributed by atoms with van der Waals surface area (Å²) in [4.78, 5) is 41.4. The lowest BCUT2D eigenvalue weighted by Gasteiger charge is -2.27. The molecule has 2 heterocycles. The summed E-state index contributed by atoms with van der Waals surface area (Å²) in [7, 11) is 0. The van der Waals surface area contributed by atoms with Crippen LogP contribution in [0.25, 0.3) is 5.70 Å². The van der Waals surface area contributed by atoms with Crippen LogP contribution in [0.2, 0.25) is 0 Å². The summed E-state index contributed by atoms with van der Waals surface area (Å²) in [5.74, 6) is -0.681. The quantitative estimate of drug-likeness (QED) is 0.872. The fraction of sp³-hybridized carbons (Fsp3) is 0.261. The van der Waals surface area contributed by atoms with Gasteiger partial charge in [0.2, 0.25) is 5.91 Å². The van der Waals surface area contributed by atoms with Crippen molar-refractivity contribution in [1.82, 2.24) is 9.80 Å². The monoisotopic (exact) mass is 389 g/mol. The van der Waals surface area contributed by atoms with Gasteiger partial charge < -0.3 is 10.2 Å². The molecule has 0 unspecified atom stereocenters. The van der Waals surface area contributed by atoms with Crippen LogP contribution in [-0.4, -0.2) is 47.2 Å². The molecule has 0 bridgehead atoms. The first kappa shape index (κ1) is 18.9. The number of nitrogens with one attached hydrogen (secondary N) is 1. The van der Waals surface area contributed by atoms with E-state index in [4.69, 9.17) is 0 Å². The molecule has 1 fully saturated rings. The Morgan fingerprint density at radius 2 is 1.59 bits per heavy atom. The maximum absolute atomic E-state index is 12.9. The topological polar surface area (TPSA) is 69.7 Å². The smallest absolute Gasteiger partial charge is 0.259 e. The molecule has 148 valence electrons. The number of nitrogens with zero attached hydrogens (tertiary/aromatic N) is 2. The van der Waals surface area contributed by atoms with Gasteiger partial charge in [-0.15, -0.1) is 0 Å². The van der Waals surface area contributed by atoms with Crippen molar-refractivity contribution in [3.05, 3.63) is 71.8 Å². The van der Waals surface area contributed by atoms with Gasteiger partial charge in [0, 0.05) is 29.9 Å². The number of rotatable bonds is 4. The van der Waals surface area contributed by atoms with Gasteiger partial charge in [0.05, 0.1) is 11.3 Å². The van der Waals surface area contributed by atoms with Crippen molar-refractivity contribution in [1.29, 1.82) is 0 Å². The summed E-state index contributed by atoms with van der Waals surface area (Å²) in [6, 6.07) is 14.2. The zero-order valence-electron chi connectivity index (χ0n) is 16.2. The number of hydrogen-bond acceptors (Lipinski definition) is 3. The zero-order chi connectivity index (χ0) is 20.4. The maximum Gasteiger partial charge on any atom is 0.259 e. The lowest BCUT2D eigenvalue weighted by atomic mass is 10.1. The molecular formula is C23H23N3O3. The van der Waals surface area contributed by atoms with Crippen LogP contribution >= 0.6 is 0 Å². The van der Waals surface area contributed by atoms with E-state index in [2.05, 4.69) is 11.9 Å². The van der Waals surface area contributed by atoms with E-state index in [1.54, 1.807) is 36.4 Å². The Morgan fingerprint density at radius 1 is 0.931 bits per heavy atom. The molecule has 2 aromatic rings. The molecule has 1 saturated heterocycles. The Bertz CT molecular complexity index is 957. The van der Waals surface area contributed by atoms with Gasteiger partial charge in [0.15, 0.2) is 0 Å². The summed E-state index contributed by atoms with van der Waals surface area (Å²) >= 11 is 0. The van der Waals surface area contributed by atoms with E-state index in [9.17, 15) is 14.4 Å². The molecule has 0 radical (unpaired) electrons. The number of para-hydroxylation sites is 1. The second-order valence-corrected chi connectivity index (χ2v) is 7.33. The van der Waals surface area contributed by atoms with E-state index >= 15 is 0 Å². The van der Waals surface area contributed by atoms with Crippen LogP contribution in [0.15, 0.2) is 55.1 Å². The fourth-order valence-corrected chi connectivity index (χ4v) is 3.88. The lowest BCUT2D eigenvalue weighted by Crippen LogP contribution is -2.37. The molecule has 1 N–H and O–H groups in total. The highest BCUT2D eigenvalue weighted by Gasteiger charge is 2.32. The molecule has 0 saturated carbocycles. The third-order valence-electron chi connectivity index (χ3n) is 5.42. The van der Waals surface area contributed by atoms with Crippen LogP contribution in [0, 0.1) is 0 Å². The predicted octanol–water partition coefficient (Wildman–Crippen LogP) is 3.38. The molecule has 2 aliphatic heterocycles. The van der Waals surface area contributed by atoms with E-state index in [1.165, 1.54) is 4.90 Å². The molecular weight excluding hydrogens is 366 g/mol. The van der Waals surface area contributed by atoms with Crippen LogP contribution < -0.4 is 5.32 Å². The first-order valence-corrected chi connectivity index (χ1v) is 9.84. The van der Waals surface area contributed by atoms with E-state index in [1.807, 2.05) is 17.0 Å². The van der Waals surface area contributed by atoms with Gasteiger partial charge in [-0.25, -0.2) is 0 Å². The maximum atomic E-state index is 12.9. The highest BCUT2D eigenvalue weighted by atomic mass is 16.2. The van der Waals surface area contributed by atoms with Gasteiger partial charge in [0.1, 0.15) is 6.54 Å². The number of fused-ring (bicyclic) bond motifs is 1. The predicted molar refractivity (Wildman–Crippen MR) is 111 cm³/mol. The van der Waals surface area contributed by atoms with Gasteiger partial charge in [-0.1, -0.05) is 36.9 Å². The SMILES string of the molecule is C=C1c2ccccc2C(=O)N1CC(=O)Nc1ccccc1C(=O)N1CCCCC1. The second-order valence-electron chi connectivity index (χ2n) is 7.33. The summed E-state index contributed by atoms with van der Waals surface area (Å²) in [6.45, 7) is 5.28. The van der Waals surface area contributed by atoms with Gasteiger partial charge in [0.25, 0.3) is 11.8 Å². The summed E-state index contributed by atoms with van der Waals surface area (Å²) in [5.41, 5.74) is 2.73. The fourth-order valence-electron chi connectivity index (χ4n) is 3.88. The molecule has 4 rings (SSSR count). The minimum Gasteiger partial charge on any atom is -0.339 e.